The van der Waals surface area contributed by atoms with Gasteiger partial charge in [0.1, 0.15) is 0 Å². The first kappa shape index (κ1) is 10.7. The summed E-state index contributed by atoms with van der Waals surface area (Å²) in [4.78, 5) is 0. The average Bonchev–Trinajstić information content (AvgIpc) is 2.18. The van der Waals surface area contributed by atoms with Crippen LogP contribution < -0.4 is 5.32 Å². The second kappa shape index (κ2) is 4.78. The molecule has 14 heavy (non-hydrogen) atoms. The Balaban J connectivity index is 3.03. The van der Waals surface area contributed by atoms with Crippen LogP contribution in [-0.4, -0.2) is 13.6 Å². The lowest BCUT2D eigenvalue weighted by atomic mass is 9.94. The first-order chi connectivity index (χ1) is 6.69. The quantitative estimate of drug-likeness (QED) is 0.788. The van der Waals surface area contributed by atoms with Gasteiger partial charge in [0.05, 0.1) is 12.0 Å². The summed E-state index contributed by atoms with van der Waals surface area (Å²) in [7, 11) is 1.87. The van der Waals surface area contributed by atoms with Crippen molar-refractivity contribution in [1.82, 2.24) is 5.32 Å². The summed E-state index contributed by atoms with van der Waals surface area (Å²) in [5, 5.41) is 12.1. The van der Waals surface area contributed by atoms with Crippen molar-refractivity contribution in [2.45, 2.75) is 19.8 Å². The Kier molecular flexibility index (Phi) is 3.67. The number of rotatable bonds is 3. The van der Waals surface area contributed by atoms with Gasteiger partial charge in [0.15, 0.2) is 0 Å². The molecule has 1 aromatic rings. The van der Waals surface area contributed by atoms with Gasteiger partial charge in [0.25, 0.3) is 0 Å². The number of hydrogen-bond donors (Lipinski definition) is 1. The molecule has 1 aromatic carbocycles. The summed E-state index contributed by atoms with van der Waals surface area (Å²) in [5.41, 5.74) is 3.54. The van der Waals surface area contributed by atoms with E-state index in [0.29, 0.717) is 6.54 Å². The maximum absolute atomic E-state index is 9.04. The maximum atomic E-state index is 9.04. The summed E-state index contributed by atoms with van der Waals surface area (Å²) in [6.07, 6.45) is 0. The number of likely N-dealkylation sites (N-methyl/N-ethyl adjacent to an activating group) is 1. The van der Waals surface area contributed by atoms with Gasteiger partial charge in [0, 0.05) is 6.54 Å². The van der Waals surface area contributed by atoms with E-state index in [9.17, 15) is 0 Å². The third-order valence-corrected chi connectivity index (χ3v) is 2.37. The number of nitrogens with zero attached hydrogens (tertiary/aromatic N) is 1. The molecule has 2 heteroatoms. The third-order valence-electron chi connectivity index (χ3n) is 2.37. The van der Waals surface area contributed by atoms with Crippen LogP contribution in [0.4, 0.5) is 0 Å². The number of hydrogen-bond acceptors (Lipinski definition) is 2. The van der Waals surface area contributed by atoms with E-state index in [0.717, 1.165) is 5.56 Å². The highest BCUT2D eigenvalue weighted by Crippen LogP contribution is 2.20. The lowest BCUT2D eigenvalue weighted by Crippen LogP contribution is -2.16. The van der Waals surface area contributed by atoms with Crippen molar-refractivity contribution in [3.63, 3.8) is 0 Å². The van der Waals surface area contributed by atoms with Crippen molar-refractivity contribution in [1.29, 1.82) is 5.26 Å². The first-order valence-corrected chi connectivity index (χ1v) is 4.80. The molecule has 0 spiro atoms. The summed E-state index contributed by atoms with van der Waals surface area (Å²) in [6.45, 7) is 4.81. The molecule has 0 saturated heterocycles. The molecule has 0 aliphatic carbocycles. The average molecular weight is 188 g/mol. The molecular formula is C12H16N2. The summed E-state index contributed by atoms with van der Waals surface area (Å²) < 4.78 is 0. The second-order valence-electron chi connectivity index (χ2n) is 3.60. The number of aryl methyl sites for hydroxylation is 2. The Morgan fingerprint density at radius 3 is 2.71 bits per heavy atom. The topological polar surface area (TPSA) is 35.8 Å². The van der Waals surface area contributed by atoms with E-state index in [1.54, 1.807) is 0 Å². The smallest absolute Gasteiger partial charge is 0.0839 e. The van der Waals surface area contributed by atoms with Crippen LogP contribution in [0.5, 0.6) is 0 Å². The molecule has 0 heterocycles. The van der Waals surface area contributed by atoms with E-state index in [2.05, 4.69) is 43.4 Å². The fraction of sp³-hybridized carbons (Fsp3) is 0.417. The van der Waals surface area contributed by atoms with Crippen molar-refractivity contribution in [2.24, 2.45) is 0 Å². The molecule has 0 bridgehead atoms. The standard InChI is InChI=1S/C12H16N2/c1-9-4-5-10(2)12(6-9)11(7-13)8-14-3/h4-6,11,14H,8H2,1-3H3. The Morgan fingerprint density at radius 1 is 1.43 bits per heavy atom. The molecule has 0 aliphatic rings. The van der Waals surface area contributed by atoms with E-state index in [1.807, 2.05) is 7.05 Å². The molecule has 1 unspecified atom stereocenters. The summed E-state index contributed by atoms with van der Waals surface area (Å²) >= 11 is 0. The molecule has 74 valence electrons. The van der Waals surface area contributed by atoms with Crippen molar-refractivity contribution in [3.8, 4) is 6.07 Å². The van der Waals surface area contributed by atoms with E-state index >= 15 is 0 Å². The predicted molar refractivity (Wildman–Crippen MR) is 58.2 cm³/mol. The highest BCUT2D eigenvalue weighted by molar-refractivity contribution is 5.36. The van der Waals surface area contributed by atoms with Crippen LogP contribution in [0.3, 0.4) is 0 Å². The SMILES string of the molecule is CNCC(C#N)c1cc(C)ccc1C. The van der Waals surface area contributed by atoms with Crippen LogP contribution in [0, 0.1) is 25.2 Å². The van der Waals surface area contributed by atoms with Gasteiger partial charge in [-0.15, -0.1) is 0 Å². The number of nitriles is 1. The minimum atomic E-state index is -0.0418. The highest BCUT2D eigenvalue weighted by atomic mass is 14.8. The Morgan fingerprint density at radius 2 is 2.14 bits per heavy atom. The zero-order valence-electron chi connectivity index (χ0n) is 8.96. The lowest BCUT2D eigenvalue weighted by Gasteiger charge is -2.12. The van der Waals surface area contributed by atoms with Crippen molar-refractivity contribution in [2.75, 3.05) is 13.6 Å². The Hall–Kier alpha value is -1.33. The molecule has 0 amide bonds. The largest absolute Gasteiger partial charge is 0.318 e. The van der Waals surface area contributed by atoms with Gasteiger partial charge < -0.3 is 5.32 Å². The molecule has 1 atom stereocenters. The van der Waals surface area contributed by atoms with E-state index < -0.39 is 0 Å². The molecule has 1 rings (SSSR count). The zero-order valence-corrected chi connectivity index (χ0v) is 8.96. The third kappa shape index (κ3) is 2.34. The minimum absolute atomic E-state index is 0.0418. The van der Waals surface area contributed by atoms with Gasteiger partial charge in [-0.25, -0.2) is 0 Å². The van der Waals surface area contributed by atoms with E-state index in [4.69, 9.17) is 5.26 Å². The predicted octanol–water partition coefficient (Wildman–Crippen LogP) is 2.13. The van der Waals surface area contributed by atoms with Gasteiger partial charge in [0.2, 0.25) is 0 Å². The van der Waals surface area contributed by atoms with Crippen LogP contribution in [-0.2, 0) is 0 Å². The molecule has 0 fully saturated rings. The fourth-order valence-electron chi connectivity index (χ4n) is 1.56. The molecule has 2 nitrogen and oxygen atoms in total. The van der Waals surface area contributed by atoms with E-state index in [-0.39, 0.29) is 5.92 Å². The van der Waals surface area contributed by atoms with E-state index in [1.165, 1.54) is 11.1 Å². The molecule has 0 aliphatic heterocycles. The lowest BCUT2D eigenvalue weighted by molar-refractivity contribution is 0.730. The normalized spacial score (nSPS) is 12.1. The fourth-order valence-corrected chi connectivity index (χ4v) is 1.56. The van der Waals surface area contributed by atoms with Crippen molar-refractivity contribution >= 4 is 0 Å². The maximum Gasteiger partial charge on any atom is 0.0839 e. The van der Waals surface area contributed by atoms with Crippen LogP contribution in [0.25, 0.3) is 0 Å². The highest BCUT2D eigenvalue weighted by Gasteiger charge is 2.11. The van der Waals surface area contributed by atoms with Crippen LogP contribution in [0.15, 0.2) is 18.2 Å². The van der Waals surface area contributed by atoms with Crippen LogP contribution >= 0.6 is 0 Å². The van der Waals surface area contributed by atoms with Crippen molar-refractivity contribution < 1.29 is 0 Å². The monoisotopic (exact) mass is 188 g/mol. The van der Waals surface area contributed by atoms with Gasteiger partial charge in [-0.2, -0.15) is 5.26 Å². The Bertz CT molecular complexity index is 350. The molecule has 0 aromatic heterocycles. The Labute approximate surface area is 85.6 Å². The van der Waals surface area contributed by atoms with Crippen LogP contribution in [0.2, 0.25) is 0 Å². The van der Waals surface area contributed by atoms with Gasteiger partial charge in [-0.3, -0.25) is 0 Å². The van der Waals surface area contributed by atoms with Crippen LogP contribution in [0.1, 0.15) is 22.6 Å². The van der Waals surface area contributed by atoms with Gasteiger partial charge in [-0.1, -0.05) is 23.8 Å². The molecule has 0 saturated carbocycles. The molecule has 1 N–H and O–H groups in total. The van der Waals surface area contributed by atoms with Gasteiger partial charge in [-0.05, 0) is 32.0 Å². The van der Waals surface area contributed by atoms with Crippen molar-refractivity contribution in [3.05, 3.63) is 34.9 Å². The zero-order chi connectivity index (χ0) is 10.6. The molecular weight excluding hydrogens is 172 g/mol. The first-order valence-electron chi connectivity index (χ1n) is 4.80. The minimum Gasteiger partial charge on any atom is -0.318 e. The molecule has 0 radical (unpaired) electrons. The van der Waals surface area contributed by atoms with Gasteiger partial charge >= 0.3 is 0 Å². The number of nitrogens with one attached hydrogen (secondary N) is 1. The summed E-state index contributed by atoms with van der Waals surface area (Å²) in [5.74, 6) is -0.0418. The second-order valence-corrected chi connectivity index (χ2v) is 3.60. The number of benzene rings is 1. The summed E-state index contributed by atoms with van der Waals surface area (Å²) in [6, 6.07) is 8.57.